The third-order valence-electron chi connectivity index (χ3n) is 2.65. The van der Waals surface area contributed by atoms with Crippen LogP contribution < -0.4 is 0 Å². The van der Waals surface area contributed by atoms with Gasteiger partial charge in [0.2, 0.25) is 0 Å². The SMILES string of the molecule is CCC(C)CN(CC(C)F)C(C)(C)C. The molecular formula is C12H26FN. The quantitative estimate of drug-likeness (QED) is 0.661. The van der Waals surface area contributed by atoms with Crippen molar-refractivity contribution in [3.05, 3.63) is 0 Å². The largest absolute Gasteiger partial charge is 0.295 e. The van der Waals surface area contributed by atoms with E-state index in [9.17, 15) is 4.39 Å². The number of nitrogens with zero attached hydrogens (tertiary/aromatic N) is 1. The van der Waals surface area contributed by atoms with Gasteiger partial charge in [-0.25, -0.2) is 4.39 Å². The molecule has 0 bridgehead atoms. The van der Waals surface area contributed by atoms with Crippen molar-refractivity contribution in [1.82, 2.24) is 4.90 Å². The molecule has 1 nitrogen and oxygen atoms in total. The average Bonchev–Trinajstić information content (AvgIpc) is 2.00. The normalized spacial score (nSPS) is 17.1. The third-order valence-corrected chi connectivity index (χ3v) is 2.65. The van der Waals surface area contributed by atoms with E-state index >= 15 is 0 Å². The lowest BCUT2D eigenvalue weighted by molar-refractivity contribution is 0.0865. The zero-order chi connectivity index (χ0) is 11.4. The zero-order valence-corrected chi connectivity index (χ0v) is 10.6. The Hall–Kier alpha value is -0.110. The van der Waals surface area contributed by atoms with E-state index in [0.717, 1.165) is 13.0 Å². The zero-order valence-electron chi connectivity index (χ0n) is 10.6. The van der Waals surface area contributed by atoms with E-state index in [1.54, 1.807) is 6.92 Å². The van der Waals surface area contributed by atoms with Crippen molar-refractivity contribution in [2.75, 3.05) is 13.1 Å². The van der Waals surface area contributed by atoms with Gasteiger partial charge in [-0.1, -0.05) is 20.3 Å². The number of hydrogen-bond donors (Lipinski definition) is 0. The summed E-state index contributed by atoms with van der Waals surface area (Å²) < 4.78 is 13.0. The summed E-state index contributed by atoms with van der Waals surface area (Å²) in [4.78, 5) is 2.24. The monoisotopic (exact) mass is 203 g/mol. The highest BCUT2D eigenvalue weighted by Crippen LogP contribution is 2.17. The van der Waals surface area contributed by atoms with E-state index < -0.39 is 6.17 Å². The van der Waals surface area contributed by atoms with Crippen LogP contribution in [0.1, 0.15) is 48.0 Å². The van der Waals surface area contributed by atoms with E-state index in [2.05, 4.69) is 39.5 Å². The van der Waals surface area contributed by atoms with Crippen molar-refractivity contribution < 1.29 is 4.39 Å². The Labute approximate surface area is 88.7 Å². The maximum Gasteiger partial charge on any atom is 0.110 e. The van der Waals surface area contributed by atoms with Crippen molar-refractivity contribution in [3.8, 4) is 0 Å². The summed E-state index contributed by atoms with van der Waals surface area (Å²) in [5.41, 5.74) is 0.0732. The smallest absolute Gasteiger partial charge is 0.110 e. The number of rotatable bonds is 5. The van der Waals surface area contributed by atoms with Crippen molar-refractivity contribution in [3.63, 3.8) is 0 Å². The van der Waals surface area contributed by atoms with Crippen LogP contribution in [-0.4, -0.2) is 29.7 Å². The number of hydrogen-bond acceptors (Lipinski definition) is 1. The molecule has 0 aliphatic heterocycles. The van der Waals surface area contributed by atoms with Crippen LogP contribution in [0.4, 0.5) is 4.39 Å². The first kappa shape index (κ1) is 13.9. The molecule has 0 aromatic rings. The Morgan fingerprint density at radius 1 is 1.14 bits per heavy atom. The second-order valence-electron chi connectivity index (χ2n) is 5.37. The average molecular weight is 203 g/mol. The topological polar surface area (TPSA) is 3.24 Å². The maximum atomic E-state index is 13.0. The van der Waals surface area contributed by atoms with E-state index in [4.69, 9.17) is 0 Å². The van der Waals surface area contributed by atoms with Crippen LogP contribution in [0.15, 0.2) is 0 Å². The van der Waals surface area contributed by atoms with Gasteiger partial charge in [0.25, 0.3) is 0 Å². The molecule has 0 spiro atoms. The molecule has 0 saturated carbocycles. The summed E-state index contributed by atoms with van der Waals surface area (Å²) in [7, 11) is 0. The molecule has 0 amide bonds. The predicted molar refractivity (Wildman–Crippen MR) is 61.4 cm³/mol. The molecule has 0 aliphatic carbocycles. The van der Waals surface area contributed by atoms with Gasteiger partial charge in [0.1, 0.15) is 6.17 Å². The Bertz CT molecular complexity index is 149. The molecule has 0 N–H and O–H groups in total. The van der Waals surface area contributed by atoms with Gasteiger partial charge in [-0.15, -0.1) is 0 Å². The van der Waals surface area contributed by atoms with Crippen LogP contribution in [0.2, 0.25) is 0 Å². The van der Waals surface area contributed by atoms with Gasteiger partial charge in [-0.05, 0) is 33.6 Å². The summed E-state index contributed by atoms with van der Waals surface area (Å²) >= 11 is 0. The fourth-order valence-electron chi connectivity index (χ4n) is 1.43. The van der Waals surface area contributed by atoms with Crippen molar-refractivity contribution in [2.45, 2.75) is 59.7 Å². The van der Waals surface area contributed by atoms with Gasteiger partial charge in [0.05, 0.1) is 0 Å². The molecule has 2 unspecified atom stereocenters. The van der Waals surface area contributed by atoms with Gasteiger partial charge in [0.15, 0.2) is 0 Å². The van der Waals surface area contributed by atoms with Crippen molar-refractivity contribution >= 4 is 0 Å². The highest BCUT2D eigenvalue weighted by Gasteiger charge is 2.23. The lowest BCUT2D eigenvalue weighted by Crippen LogP contribution is -2.46. The second kappa shape index (κ2) is 5.69. The Balaban J connectivity index is 4.26. The molecule has 0 aromatic heterocycles. The minimum Gasteiger partial charge on any atom is -0.295 e. The highest BCUT2D eigenvalue weighted by atomic mass is 19.1. The first-order valence-electron chi connectivity index (χ1n) is 5.66. The summed E-state index contributed by atoms with van der Waals surface area (Å²) in [5.74, 6) is 0.646. The van der Waals surface area contributed by atoms with Gasteiger partial charge in [-0.2, -0.15) is 0 Å². The van der Waals surface area contributed by atoms with Crippen molar-refractivity contribution in [1.29, 1.82) is 0 Å². The molecule has 0 saturated heterocycles. The van der Waals surface area contributed by atoms with Crippen LogP contribution in [0.5, 0.6) is 0 Å². The van der Waals surface area contributed by atoms with Crippen LogP contribution in [0, 0.1) is 5.92 Å². The Morgan fingerprint density at radius 3 is 1.93 bits per heavy atom. The molecule has 0 rings (SSSR count). The summed E-state index contributed by atoms with van der Waals surface area (Å²) in [6.45, 7) is 14.0. The molecule has 2 heteroatoms. The third kappa shape index (κ3) is 5.58. The fourth-order valence-corrected chi connectivity index (χ4v) is 1.43. The molecule has 0 aromatic carbocycles. The van der Waals surface area contributed by atoms with Gasteiger partial charge in [0, 0.05) is 18.6 Å². The molecule has 0 aliphatic rings. The first-order valence-corrected chi connectivity index (χ1v) is 5.66. The molecule has 0 fully saturated rings. The molecule has 0 heterocycles. The van der Waals surface area contributed by atoms with Crippen LogP contribution >= 0.6 is 0 Å². The Kier molecular flexibility index (Phi) is 5.65. The fraction of sp³-hybridized carbons (Fsp3) is 1.00. The van der Waals surface area contributed by atoms with Crippen LogP contribution in [-0.2, 0) is 0 Å². The minimum absolute atomic E-state index is 0.0732. The predicted octanol–water partition coefficient (Wildman–Crippen LogP) is 3.49. The standard InChI is InChI=1S/C12H26FN/c1-7-10(2)8-14(9-11(3)13)12(4,5)6/h10-11H,7-9H2,1-6H3. The van der Waals surface area contributed by atoms with Gasteiger partial charge in [-0.3, -0.25) is 4.90 Å². The maximum absolute atomic E-state index is 13.0. The van der Waals surface area contributed by atoms with Gasteiger partial charge < -0.3 is 0 Å². The summed E-state index contributed by atoms with van der Waals surface area (Å²) in [5, 5.41) is 0. The number of halogens is 1. The van der Waals surface area contributed by atoms with Crippen LogP contribution in [0.25, 0.3) is 0 Å². The summed E-state index contributed by atoms with van der Waals surface area (Å²) in [6, 6.07) is 0. The van der Waals surface area contributed by atoms with E-state index in [1.807, 2.05) is 0 Å². The van der Waals surface area contributed by atoms with Crippen molar-refractivity contribution in [2.24, 2.45) is 5.92 Å². The highest BCUT2D eigenvalue weighted by molar-refractivity contribution is 4.78. The lowest BCUT2D eigenvalue weighted by Gasteiger charge is -2.37. The van der Waals surface area contributed by atoms with E-state index in [-0.39, 0.29) is 5.54 Å². The lowest BCUT2D eigenvalue weighted by atomic mass is 10.0. The second-order valence-corrected chi connectivity index (χ2v) is 5.37. The van der Waals surface area contributed by atoms with E-state index in [0.29, 0.717) is 12.5 Å². The molecule has 86 valence electrons. The molecule has 14 heavy (non-hydrogen) atoms. The molecular weight excluding hydrogens is 177 g/mol. The van der Waals surface area contributed by atoms with Crippen LogP contribution in [0.3, 0.4) is 0 Å². The van der Waals surface area contributed by atoms with E-state index in [1.165, 1.54) is 0 Å². The Morgan fingerprint density at radius 2 is 1.64 bits per heavy atom. The van der Waals surface area contributed by atoms with Gasteiger partial charge >= 0.3 is 0 Å². The number of alkyl halides is 1. The summed E-state index contributed by atoms with van der Waals surface area (Å²) in [6.07, 6.45) is 0.422. The molecule has 2 atom stereocenters. The first-order chi connectivity index (χ1) is 6.27. The minimum atomic E-state index is -0.738. The molecule has 0 radical (unpaired) electrons.